The molecular weight excluding hydrogens is 270 g/mol. The van der Waals surface area contributed by atoms with Crippen LogP contribution in [0.5, 0.6) is 0 Å². The highest BCUT2D eigenvalue weighted by Gasteiger charge is 2.20. The maximum absolute atomic E-state index is 10.9. The molecule has 0 saturated carbocycles. The van der Waals surface area contributed by atoms with Crippen LogP contribution in [-0.2, 0) is 14.3 Å². The lowest BCUT2D eigenvalue weighted by molar-refractivity contribution is -0.120. The van der Waals surface area contributed by atoms with E-state index in [-0.39, 0.29) is 14.9 Å². The standard InChI is InChI=1S/C13H27N3O3.C2H6.2H2/c1-3-14-4-7-18-8-5-16-6-9-19-13(11-16)10-15-12(2)17;1-2;;/h13-14H,3-11H2,1-2H3,(H,15,17);1-2H3;2*1H. The van der Waals surface area contributed by atoms with Gasteiger partial charge in [0.05, 0.1) is 25.9 Å². The van der Waals surface area contributed by atoms with Crippen LogP contribution < -0.4 is 10.6 Å². The fraction of sp³-hybridized carbons (Fsp3) is 0.933. The Hall–Kier alpha value is -0.690. The van der Waals surface area contributed by atoms with Crippen molar-refractivity contribution in [2.75, 3.05) is 59.1 Å². The van der Waals surface area contributed by atoms with E-state index in [9.17, 15) is 4.79 Å². The smallest absolute Gasteiger partial charge is 0.216 e. The van der Waals surface area contributed by atoms with Gasteiger partial charge in [0.15, 0.2) is 0 Å². The Kier molecular flexibility index (Phi) is 13.8. The van der Waals surface area contributed by atoms with Gasteiger partial charge in [-0.2, -0.15) is 0 Å². The Morgan fingerprint density at radius 1 is 1.43 bits per heavy atom. The average Bonchev–Trinajstić information content (AvgIpc) is 2.51. The van der Waals surface area contributed by atoms with Crippen molar-refractivity contribution in [1.82, 2.24) is 15.5 Å². The lowest BCUT2D eigenvalue weighted by Crippen LogP contribution is -2.48. The molecule has 21 heavy (non-hydrogen) atoms. The third-order valence-corrected chi connectivity index (χ3v) is 3.03. The van der Waals surface area contributed by atoms with Gasteiger partial charge in [0.25, 0.3) is 0 Å². The molecule has 0 bridgehead atoms. The van der Waals surface area contributed by atoms with Crippen LogP contribution in [0.4, 0.5) is 0 Å². The molecule has 1 fully saturated rings. The maximum atomic E-state index is 10.9. The summed E-state index contributed by atoms with van der Waals surface area (Å²) in [4.78, 5) is 13.2. The predicted molar refractivity (Wildman–Crippen MR) is 89.8 cm³/mol. The van der Waals surface area contributed by atoms with Crippen molar-refractivity contribution >= 4 is 5.91 Å². The first-order valence-corrected chi connectivity index (χ1v) is 8.09. The molecular formula is C15H37N3O3. The van der Waals surface area contributed by atoms with E-state index in [2.05, 4.69) is 22.5 Å². The maximum Gasteiger partial charge on any atom is 0.216 e. The van der Waals surface area contributed by atoms with Crippen LogP contribution in [0, 0.1) is 0 Å². The third kappa shape index (κ3) is 11.6. The van der Waals surface area contributed by atoms with E-state index in [1.807, 2.05) is 13.8 Å². The van der Waals surface area contributed by atoms with Gasteiger partial charge in [-0.25, -0.2) is 0 Å². The molecule has 1 amide bonds. The number of amides is 1. The Morgan fingerprint density at radius 3 is 2.86 bits per heavy atom. The number of nitrogens with one attached hydrogen (secondary N) is 2. The van der Waals surface area contributed by atoms with Gasteiger partial charge >= 0.3 is 0 Å². The van der Waals surface area contributed by atoms with Gasteiger partial charge in [-0.05, 0) is 6.54 Å². The molecule has 130 valence electrons. The van der Waals surface area contributed by atoms with E-state index in [4.69, 9.17) is 9.47 Å². The highest BCUT2D eigenvalue weighted by molar-refractivity contribution is 5.72. The highest BCUT2D eigenvalue weighted by atomic mass is 16.5. The number of hydrogen-bond acceptors (Lipinski definition) is 5. The molecule has 1 atom stereocenters. The van der Waals surface area contributed by atoms with Gasteiger partial charge < -0.3 is 20.1 Å². The van der Waals surface area contributed by atoms with Gasteiger partial charge in [-0.3, -0.25) is 9.69 Å². The van der Waals surface area contributed by atoms with Crippen molar-refractivity contribution < 1.29 is 17.1 Å². The first kappa shape index (κ1) is 20.3. The zero-order valence-corrected chi connectivity index (χ0v) is 14.1. The predicted octanol–water partition coefficient (Wildman–Crippen LogP) is 0.968. The molecule has 6 nitrogen and oxygen atoms in total. The lowest BCUT2D eigenvalue weighted by Gasteiger charge is -2.32. The minimum atomic E-state index is -0.00696. The zero-order valence-electron chi connectivity index (χ0n) is 14.1. The molecule has 1 unspecified atom stereocenters. The van der Waals surface area contributed by atoms with Gasteiger partial charge in [0.2, 0.25) is 5.91 Å². The summed E-state index contributed by atoms with van der Waals surface area (Å²) in [6, 6.07) is 0. The lowest BCUT2D eigenvalue weighted by atomic mass is 10.2. The summed E-state index contributed by atoms with van der Waals surface area (Å²) in [5.74, 6) is -0.00696. The van der Waals surface area contributed by atoms with Crippen LogP contribution >= 0.6 is 0 Å². The number of morpholine rings is 1. The van der Waals surface area contributed by atoms with Gasteiger partial charge in [-0.1, -0.05) is 20.8 Å². The molecule has 6 heteroatoms. The topological polar surface area (TPSA) is 62.8 Å². The van der Waals surface area contributed by atoms with Crippen molar-refractivity contribution in [3.05, 3.63) is 0 Å². The molecule has 1 aliphatic heterocycles. The number of hydrogen-bond donors (Lipinski definition) is 2. The molecule has 2 N–H and O–H groups in total. The second-order valence-corrected chi connectivity index (χ2v) is 4.70. The molecule has 0 radical (unpaired) electrons. The summed E-state index contributed by atoms with van der Waals surface area (Å²) >= 11 is 0. The van der Waals surface area contributed by atoms with Gasteiger partial charge in [0.1, 0.15) is 0 Å². The molecule has 0 aliphatic carbocycles. The Morgan fingerprint density at radius 2 is 2.19 bits per heavy atom. The summed E-state index contributed by atoms with van der Waals surface area (Å²) in [6.07, 6.45) is 0.0967. The van der Waals surface area contributed by atoms with Crippen LogP contribution in [0.15, 0.2) is 0 Å². The molecule has 1 heterocycles. The first-order valence-electron chi connectivity index (χ1n) is 8.09. The van der Waals surface area contributed by atoms with Crippen LogP contribution in [0.2, 0.25) is 0 Å². The molecule has 0 spiro atoms. The third-order valence-electron chi connectivity index (χ3n) is 3.03. The number of nitrogens with zero attached hydrogens (tertiary/aromatic N) is 1. The minimum absolute atomic E-state index is 0. The van der Waals surface area contributed by atoms with E-state index in [0.29, 0.717) is 6.54 Å². The van der Waals surface area contributed by atoms with E-state index in [1.165, 1.54) is 6.92 Å². The summed E-state index contributed by atoms with van der Waals surface area (Å²) in [5, 5.41) is 6.02. The van der Waals surface area contributed by atoms with E-state index in [1.54, 1.807) is 0 Å². The normalized spacial score (nSPS) is 18.8. The van der Waals surface area contributed by atoms with E-state index < -0.39 is 0 Å². The molecule has 0 aromatic rings. The van der Waals surface area contributed by atoms with Crippen LogP contribution in [0.3, 0.4) is 0 Å². The summed E-state index contributed by atoms with van der Waals surface area (Å²) in [5.41, 5.74) is 0. The largest absolute Gasteiger partial charge is 0.379 e. The Bertz CT molecular complexity index is 262. The van der Waals surface area contributed by atoms with Gasteiger partial charge in [-0.15, -0.1) is 0 Å². The molecule has 0 aromatic heterocycles. The molecule has 1 saturated heterocycles. The summed E-state index contributed by atoms with van der Waals surface area (Å²) in [7, 11) is 0. The first-order chi connectivity index (χ1) is 10.2. The monoisotopic (exact) mass is 307 g/mol. The number of likely N-dealkylation sites (N-methyl/N-ethyl adjacent to an activating group) is 1. The fourth-order valence-electron chi connectivity index (χ4n) is 1.98. The van der Waals surface area contributed by atoms with Crippen molar-refractivity contribution in [1.29, 1.82) is 0 Å². The van der Waals surface area contributed by atoms with Crippen molar-refractivity contribution in [3.8, 4) is 0 Å². The van der Waals surface area contributed by atoms with Crippen LogP contribution in [0.25, 0.3) is 0 Å². The fourth-order valence-corrected chi connectivity index (χ4v) is 1.98. The molecule has 0 aromatic carbocycles. The minimum Gasteiger partial charge on any atom is -0.379 e. The van der Waals surface area contributed by atoms with Crippen molar-refractivity contribution in [2.45, 2.75) is 33.8 Å². The van der Waals surface area contributed by atoms with E-state index in [0.717, 1.165) is 52.5 Å². The number of carbonyl (C=O) groups excluding carboxylic acids is 1. The quantitative estimate of drug-likeness (QED) is 0.622. The Balaban J connectivity index is -0.000000960. The van der Waals surface area contributed by atoms with Crippen molar-refractivity contribution in [3.63, 3.8) is 0 Å². The molecule has 1 rings (SSSR count). The van der Waals surface area contributed by atoms with Gasteiger partial charge in [0, 0.05) is 42.5 Å². The van der Waals surface area contributed by atoms with E-state index >= 15 is 0 Å². The molecule has 1 aliphatic rings. The number of rotatable bonds is 9. The SMILES string of the molecule is CC.CCNCCOCCN1CCOC(CNC(C)=O)C1.[HH].[HH]. The summed E-state index contributed by atoms with van der Waals surface area (Å²) in [6.45, 7) is 15.0. The highest BCUT2D eigenvalue weighted by Crippen LogP contribution is 2.04. The zero-order chi connectivity index (χ0) is 15.9. The Labute approximate surface area is 132 Å². The second-order valence-electron chi connectivity index (χ2n) is 4.70. The number of ether oxygens (including phenoxy) is 2. The second kappa shape index (κ2) is 14.3. The summed E-state index contributed by atoms with van der Waals surface area (Å²) < 4.78 is 11.2. The van der Waals surface area contributed by atoms with Crippen molar-refractivity contribution in [2.24, 2.45) is 0 Å². The number of carbonyl (C=O) groups is 1. The van der Waals surface area contributed by atoms with Crippen LogP contribution in [-0.4, -0.2) is 76.0 Å². The average molecular weight is 307 g/mol. The van der Waals surface area contributed by atoms with Crippen LogP contribution in [0.1, 0.15) is 30.5 Å².